The summed E-state index contributed by atoms with van der Waals surface area (Å²) in [6, 6.07) is 22.9. The molecule has 1 saturated carbocycles. The molecule has 0 N–H and O–H groups in total. The highest BCUT2D eigenvalue weighted by molar-refractivity contribution is 8.04. The fraction of sp³-hybridized carbons (Fsp3) is 0.371. The van der Waals surface area contributed by atoms with Crippen LogP contribution in [0.15, 0.2) is 76.5 Å². The number of amides is 2. The van der Waals surface area contributed by atoms with Gasteiger partial charge in [-0.3, -0.25) is 14.5 Å². The predicted octanol–water partition coefficient (Wildman–Crippen LogP) is 7.07. The van der Waals surface area contributed by atoms with Gasteiger partial charge in [-0.15, -0.1) is 0 Å². The Kier molecular flexibility index (Phi) is 8.31. The number of fused-ring (bicyclic) bond motifs is 1. The van der Waals surface area contributed by atoms with Gasteiger partial charge in [0.2, 0.25) is 0 Å². The quantitative estimate of drug-likeness (QED) is 0.310. The lowest BCUT2D eigenvalue weighted by molar-refractivity contribution is -0.114. The number of hydrogen-bond acceptors (Lipinski definition) is 4. The van der Waals surface area contributed by atoms with Crippen LogP contribution in [-0.2, 0) is 11.3 Å². The molecule has 212 valence electrons. The second-order valence-corrected chi connectivity index (χ2v) is 12.7. The van der Waals surface area contributed by atoms with Crippen LogP contribution < -0.4 is 4.90 Å². The summed E-state index contributed by atoms with van der Waals surface area (Å²) in [4.78, 5) is 35.3. The number of aryl methyl sites for hydroxylation is 2. The maximum absolute atomic E-state index is 13.8. The maximum Gasteiger partial charge on any atom is 0.265 e. The van der Waals surface area contributed by atoms with Gasteiger partial charge in [-0.1, -0.05) is 79.1 Å². The third kappa shape index (κ3) is 6.14. The van der Waals surface area contributed by atoms with E-state index < -0.39 is 0 Å². The van der Waals surface area contributed by atoms with Gasteiger partial charge in [-0.2, -0.15) is 0 Å². The first kappa shape index (κ1) is 27.8. The summed E-state index contributed by atoms with van der Waals surface area (Å²) in [7, 11) is 0. The van der Waals surface area contributed by atoms with Gasteiger partial charge in [0.15, 0.2) is 0 Å². The molecule has 41 heavy (non-hydrogen) atoms. The van der Waals surface area contributed by atoms with Crippen LogP contribution >= 0.6 is 11.8 Å². The minimum Gasteiger partial charge on any atom is -0.336 e. The highest BCUT2D eigenvalue weighted by Gasteiger charge is 2.30. The van der Waals surface area contributed by atoms with Crippen LogP contribution in [0, 0.1) is 13.8 Å². The van der Waals surface area contributed by atoms with Crippen molar-refractivity contribution in [3.8, 4) is 0 Å². The van der Waals surface area contributed by atoms with E-state index in [4.69, 9.17) is 0 Å². The van der Waals surface area contributed by atoms with E-state index in [1.165, 1.54) is 55.0 Å². The van der Waals surface area contributed by atoms with Gasteiger partial charge in [0.25, 0.3) is 11.8 Å². The molecule has 0 unspecified atom stereocenters. The Morgan fingerprint density at radius 3 is 2.39 bits per heavy atom. The molecule has 1 saturated heterocycles. The van der Waals surface area contributed by atoms with Gasteiger partial charge >= 0.3 is 0 Å². The lowest BCUT2D eigenvalue weighted by Gasteiger charge is -2.40. The molecule has 3 aromatic carbocycles. The first-order valence-corrected chi connectivity index (χ1v) is 15.8. The summed E-state index contributed by atoms with van der Waals surface area (Å²) in [5, 5.41) is 0. The minimum atomic E-state index is 0.00518. The Hall–Kier alpha value is -3.35. The van der Waals surface area contributed by atoms with Crippen molar-refractivity contribution in [1.29, 1.82) is 0 Å². The molecule has 6 heteroatoms. The molecule has 0 aromatic heterocycles. The van der Waals surface area contributed by atoms with E-state index in [1.54, 1.807) is 0 Å². The van der Waals surface area contributed by atoms with Crippen LogP contribution in [0.4, 0.5) is 5.69 Å². The number of thioether (sulfide) groups is 1. The summed E-state index contributed by atoms with van der Waals surface area (Å²) >= 11 is 1.52. The van der Waals surface area contributed by atoms with Gasteiger partial charge in [0, 0.05) is 42.7 Å². The van der Waals surface area contributed by atoms with Crippen molar-refractivity contribution in [2.45, 2.75) is 63.4 Å². The van der Waals surface area contributed by atoms with E-state index >= 15 is 0 Å². The normalized spacial score (nSPS) is 19.5. The zero-order valence-electron chi connectivity index (χ0n) is 24.1. The predicted molar refractivity (Wildman–Crippen MR) is 168 cm³/mol. The second-order valence-electron chi connectivity index (χ2n) is 11.6. The number of carbonyl (C=O) groups excluding carboxylic acids is 2. The molecular weight excluding hydrogens is 526 g/mol. The van der Waals surface area contributed by atoms with Crippen molar-refractivity contribution in [3.63, 3.8) is 0 Å². The third-order valence-corrected chi connectivity index (χ3v) is 9.89. The number of carbonyl (C=O) groups is 2. The van der Waals surface area contributed by atoms with Crippen molar-refractivity contribution in [1.82, 2.24) is 9.80 Å². The van der Waals surface area contributed by atoms with Gasteiger partial charge in [-0.25, -0.2) is 0 Å². The third-order valence-electron chi connectivity index (χ3n) is 8.81. The smallest absolute Gasteiger partial charge is 0.265 e. The molecule has 2 fully saturated rings. The van der Waals surface area contributed by atoms with Gasteiger partial charge in [-0.05, 0) is 73.7 Å². The van der Waals surface area contributed by atoms with Crippen LogP contribution in [-0.4, -0.2) is 53.8 Å². The first-order valence-electron chi connectivity index (χ1n) is 15.0. The van der Waals surface area contributed by atoms with Crippen molar-refractivity contribution in [2.24, 2.45) is 0 Å². The van der Waals surface area contributed by atoms with Crippen molar-refractivity contribution in [2.75, 3.05) is 31.1 Å². The van der Waals surface area contributed by atoms with Crippen molar-refractivity contribution < 1.29 is 9.59 Å². The number of rotatable bonds is 5. The molecule has 2 heterocycles. The summed E-state index contributed by atoms with van der Waals surface area (Å²) < 4.78 is 0. The Morgan fingerprint density at radius 1 is 0.902 bits per heavy atom. The highest BCUT2D eigenvalue weighted by Crippen LogP contribution is 2.42. The van der Waals surface area contributed by atoms with E-state index in [9.17, 15) is 9.59 Å². The lowest BCUT2D eigenvalue weighted by Crippen LogP contribution is -2.52. The van der Waals surface area contributed by atoms with Crippen LogP contribution in [0.2, 0.25) is 0 Å². The number of hydrogen-bond donors (Lipinski definition) is 0. The molecule has 6 rings (SSSR count). The summed E-state index contributed by atoms with van der Waals surface area (Å²) in [6.07, 6.45) is 8.62. The topological polar surface area (TPSA) is 43.9 Å². The molecule has 5 nitrogen and oxygen atoms in total. The van der Waals surface area contributed by atoms with Crippen molar-refractivity contribution in [3.05, 3.63) is 99.5 Å². The number of nitrogens with zero attached hydrogens (tertiary/aromatic N) is 3. The fourth-order valence-corrected chi connectivity index (χ4v) is 7.41. The molecule has 1 aliphatic carbocycles. The van der Waals surface area contributed by atoms with Crippen molar-refractivity contribution >= 4 is 35.3 Å². The summed E-state index contributed by atoms with van der Waals surface area (Å²) in [5.74, 6) is 0.106. The molecule has 3 aliphatic rings. The Morgan fingerprint density at radius 2 is 1.63 bits per heavy atom. The molecule has 0 spiro atoms. The van der Waals surface area contributed by atoms with Crippen LogP contribution in [0.1, 0.15) is 64.7 Å². The van der Waals surface area contributed by atoms with Crippen LogP contribution in [0.25, 0.3) is 6.08 Å². The number of para-hydroxylation sites is 1. The number of benzene rings is 3. The summed E-state index contributed by atoms with van der Waals surface area (Å²) in [5.41, 5.74) is 6.11. The zero-order chi connectivity index (χ0) is 28.3. The van der Waals surface area contributed by atoms with Gasteiger partial charge in [0.05, 0.1) is 17.1 Å². The Balaban J connectivity index is 1.16. The highest BCUT2D eigenvalue weighted by atomic mass is 32.2. The molecule has 3 aromatic rings. The lowest BCUT2D eigenvalue weighted by atomic mass is 9.94. The monoisotopic (exact) mass is 565 g/mol. The number of piperazine rings is 1. The van der Waals surface area contributed by atoms with E-state index in [2.05, 4.69) is 43.0 Å². The maximum atomic E-state index is 13.8. The van der Waals surface area contributed by atoms with Gasteiger partial charge < -0.3 is 9.80 Å². The average Bonchev–Trinajstić information content (AvgIpc) is 3.01. The Labute approximate surface area is 248 Å². The zero-order valence-corrected chi connectivity index (χ0v) is 25.0. The van der Waals surface area contributed by atoms with E-state index in [-0.39, 0.29) is 11.8 Å². The SMILES string of the molecule is Cc1ccc(C)c(CN2C(=O)/C(=C/c3ccc(C(=O)N4CCN(C5CCCCC5)CC4)cc3)Sc3ccccc32)c1. The summed E-state index contributed by atoms with van der Waals surface area (Å²) in [6.45, 7) is 8.24. The van der Waals surface area contributed by atoms with E-state index in [1.807, 2.05) is 58.3 Å². The second kappa shape index (κ2) is 12.3. The van der Waals surface area contributed by atoms with Crippen LogP contribution in [0.5, 0.6) is 0 Å². The Bertz CT molecular complexity index is 1450. The fourth-order valence-electron chi connectivity index (χ4n) is 6.35. The average molecular weight is 566 g/mol. The first-order chi connectivity index (χ1) is 20.0. The molecule has 0 bridgehead atoms. The van der Waals surface area contributed by atoms with Crippen LogP contribution in [0.3, 0.4) is 0 Å². The molecule has 0 radical (unpaired) electrons. The van der Waals surface area contributed by atoms with E-state index in [0.29, 0.717) is 23.1 Å². The molecule has 2 amide bonds. The molecule has 2 aliphatic heterocycles. The number of anilines is 1. The minimum absolute atomic E-state index is 0.00518. The molecular formula is C35H39N3O2S. The van der Waals surface area contributed by atoms with E-state index in [0.717, 1.165) is 47.9 Å². The largest absolute Gasteiger partial charge is 0.336 e. The molecule has 0 atom stereocenters. The van der Waals surface area contributed by atoms with Gasteiger partial charge in [0.1, 0.15) is 0 Å². The standard InChI is InChI=1S/C35H39N3O2S/c1-25-12-13-26(2)29(22-25)24-38-31-10-6-7-11-32(31)41-33(35(38)40)23-27-14-16-28(17-15-27)34(39)37-20-18-36(19-21-37)30-8-4-3-5-9-30/h6-7,10-17,22-23,30H,3-5,8-9,18-21,24H2,1-2H3/b33-23-.